The number of aryl methyl sites for hydroxylation is 2. The van der Waals surface area contributed by atoms with E-state index in [1.807, 2.05) is 35.2 Å². The van der Waals surface area contributed by atoms with E-state index in [-0.39, 0.29) is 18.2 Å². The highest BCUT2D eigenvalue weighted by atomic mass is 16.5. The predicted molar refractivity (Wildman–Crippen MR) is 129 cm³/mol. The van der Waals surface area contributed by atoms with Gasteiger partial charge in [0.1, 0.15) is 0 Å². The van der Waals surface area contributed by atoms with E-state index >= 15 is 0 Å². The van der Waals surface area contributed by atoms with Gasteiger partial charge in [-0.25, -0.2) is 9.48 Å². The summed E-state index contributed by atoms with van der Waals surface area (Å²) >= 11 is 0. The van der Waals surface area contributed by atoms with Crippen LogP contribution in [0.3, 0.4) is 0 Å². The zero-order chi connectivity index (χ0) is 23.5. The summed E-state index contributed by atoms with van der Waals surface area (Å²) in [5.74, 6) is 0.148. The first kappa shape index (κ1) is 22.8. The SMILES string of the molecule is CCOC(=O)c1cc(-c2ccc(C)c(C)c2)n(-c2ccc(C(=O)N3CCC[C@@H](C)C3)cc2)n1. The van der Waals surface area contributed by atoms with Crippen LogP contribution in [-0.2, 0) is 4.74 Å². The van der Waals surface area contributed by atoms with Gasteiger partial charge in [-0.3, -0.25) is 4.79 Å². The van der Waals surface area contributed by atoms with Crippen molar-refractivity contribution in [2.75, 3.05) is 19.7 Å². The van der Waals surface area contributed by atoms with Gasteiger partial charge in [-0.15, -0.1) is 0 Å². The fraction of sp³-hybridized carbons (Fsp3) is 0.370. The minimum atomic E-state index is -0.452. The first-order valence-corrected chi connectivity index (χ1v) is 11.6. The number of ether oxygens (including phenoxy) is 1. The Balaban J connectivity index is 1.69. The monoisotopic (exact) mass is 445 g/mol. The van der Waals surface area contributed by atoms with Crippen LogP contribution in [0.5, 0.6) is 0 Å². The van der Waals surface area contributed by atoms with Gasteiger partial charge in [0.15, 0.2) is 5.69 Å². The van der Waals surface area contributed by atoms with Gasteiger partial charge in [0, 0.05) is 24.2 Å². The number of aromatic nitrogens is 2. The number of benzene rings is 2. The smallest absolute Gasteiger partial charge is 0.358 e. The number of piperidine rings is 1. The van der Waals surface area contributed by atoms with Crippen molar-refractivity contribution in [3.8, 4) is 16.9 Å². The second-order valence-electron chi connectivity index (χ2n) is 8.89. The third-order valence-corrected chi connectivity index (χ3v) is 6.30. The number of carbonyl (C=O) groups excluding carboxylic acids is 2. The van der Waals surface area contributed by atoms with E-state index < -0.39 is 5.97 Å². The summed E-state index contributed by atoms with van der Waals surface area (Å²) in [5.41, 5.74) is 5.82. The fourth-order valence-corrected chi connectivity index (χ4v) is 4.29. The van der Waals surface area contributed by atoms with Gasteiger partial charge in [0.05, 0.1) is 18.0 Å². The molecule has 1 fully saturated rings. The highest BCUT2D eigenvalue weighted by Gasteiger charge is 2.23. The summed E-state index contributed by atoms with van der Waals surface area (Å²) in [6.45, 7) is 10.0. The van der Waals surface area contributed by atoms with Crippen molar-refractivity contribution in [2.45, 2.75) is 40.5 Å². The number of likely N-dealkylation sites (tertiary alicyclic amines) is 1. The summed E-state index contributed by atoms with van der Waals surface area (Å²) < 4.78 is 6.92. The summed E-state index contributed by atoms with van der Waals surface area (Å²) in [7, 11) is 0. The lowest BCUT2D eigenvalue weighted by Gasteiger charge is -2.31. The molecule has 172 valence electrons. The largest absolute Gasteiger partial charge is 0.461 e. The number of nitrogens with zero attached hydrogens (tertiary/aromatic N) is 3. The average molecular weight is 446 g/mol. The standard InChI is InChI=1S/C27H31N3O3/c1-5-33-27(32)24-16-25(22-9-8-19(3)20(4)15-22)30(28-24)23-12-10-21(11-13-23)26(31)29-14-6-7-18(2)17-29/h8-13,15-16,18H,5-7,14,17H2,1-4H3/t18-/m1/s1. The lowest BCUT2D eigenvalue weighted by atomic mass is 9.99. The van der Waals surface area contributed by atoms with E-state index in [0.29, 0.717) is 11.5 Å². The van der Waals surface area contributed by atoms with E-state index in [4.69, 9.17) is 4.74 Å². The molecule has 1 aliphatic rings. The molecular formula is C27H31N3O3. The van der Waals surface area contributed by atoms with Crippen LogP contribution in [0.25, 0.3) is 16.9 Å². The Hall–Kier alpha value is -3.41. The second kappa shape index (κ2) is 9.61. The van der Waals surface area contributed by atoms with E-state index in [1.54, 1.807) is 17.7 Å². The number of carbonyl (C=O) groups is 2. The molecule has 2 heterocycles. The normalized spacial score (nSPS) is 16.0. The van der Waals surface area contributed by atoms with Crippen LogP contribution in [0.4, 0.5) is 0 Å². The van der Waals surface area contributed by atoms with Gasteiger partial charge >= 0.3 is 5.97 Å². The Labute approximate surface area is 195 Å². The molecule has 0 aliphatic carbocycles. The van der Waals surface area contributed by atoms with Crippen LogP contribution in [0.1, 0.15) is 58.7 Å². The van der Waals surface area contributed by atoms with Crippen molar-refractivity contribution in [3.63, 3.8) is 0 Å². The van der Waals surface area contributed by atoms with Gasteiger partial charge in [-0.1, -0.05) is 19.1 Å². The van der Waals surface area contributed by atoms with Gasteiger partial charge < -0.3 is 9.64 Å². The van der Waals surface area contributed by atoms with E-state index in [9.17, 15) is 9.59 Å². The molecule has 0 saturated carbocycles. The highest BCUT2D eigenvalue weighted by molar-refractivity contribution is 5.94. The van der Waals surface area contributed by atoms with Crippen molar-refractivity contribution < 1.29 is 14.3 Å². The molecule has 1 aliphatic heterocycles. The number of amides is 1. The van der Waals surface area contributed by atoms with Gasteiger partial charge in [-0.2, -0.15) is 5.10 Å². The van der Waals surface area contributed by atoms with Crippen molar-refractivity contribution in [1.82, 2.24) is 14.7 Å². The van der Waals surface area contributed by atoms with Crippen molar-refractivity contribution in [2.24, 2.45) is 5.92 Å². The van der Waals surface area contributed by atoms with Crippen LogP contribution in [-0.4, -0.2) is 46.3 Å². The molecule has 33 heavy (non-hydrogen) atoms. The van der Waals surface area contributed by atoms with Crippen molar-refractivity contribution in [1.29, 1.82) is 0 Å². The fourth-order valence-electron chi connectivity index (χ4n) is 4.29. The average Bonchev–Trinajstić information content (AvgIpc) is 3.26. The molecule has 1 atom stereocenters. The molecule has 3 aromatic rings. The zero-order valence-electron chi connectivity index (χ0n) is 19.8. The molecule has 4 rings (SSSR count). The van der Waals surface area contributed by atoms with E-state index in [2.05, 4.69) is 38.0 Å². The molecule has 1 amide bonds. The lowest BCUT2D eigenvalue weighted by molar-refractivity contribution is 0.0518. The molecule has 1 saturated heterocycles. The highest BCUT2D eigenvalue weighted by Crippen LogP contribution is 2.27. The molecule has 0 bridgehead atoms. The van der Waals surface area contributed by atoms with Crippen molar-refractivity contribution in [3.05, 3.63) is 70.9 Å². The quantitative estimate of drug-likeness (QED) is 0.506. The molecular weight excluding hydrogens is 414 g/mol. The topological polar surface area (TPSA) is 64.4 Å². The van der Waals surface area contributed by atoms with Crippen LogP contribution in [0, 0.1) is 19.8 Å². The third kappa shape index (κ3) is 4.85. The van der Waals surface area contributed by atoms with Gasteiger partial charge in [0.25, 0.3) is 5.91 Å². The van der Waals surface area contributed by atoms with Gasteiger partial charge in [0.2, 0.25) is 0 Å². The van der Waals surface area contributed by atoms with Gasteiger partial charge in [-0.05, 0) is 87.1 Å². The molecule has 6 nitrogen and oxygen atoms in total. The number of esters is 1. The molecule has 2 aromatic carbocycles. The minimum absolute atomic E-state index is 0.0650. The van der Waals surface area contributed by atoms with Crippen LogP contribution < -0.4 is 0 Å². The molecule has 0 radical (unpaired) electrons. The first-order valence-electron chi connectivity index (χ1n) is 11.6. The molecule has 6 heteroatoms. The maximum atomic E-state index is 13.0. The predicted octanol–water partition coefficient (Wildman–Crippen LogP) is 5.20. The first-order chi connectivity index (χ1) is 15.9. The lowest BCUT2D eigenvalue weighted by Crippen LogP contribution is -2.39. The van der Waals surface area contributed by atoms with Crippen LogP contribution in [0.2, 0.25) is 0 Å². The summed E-state index contributed by atoms with van der Waals surface area (Å²) in [4.78, 5) is 27.3. The summed E-state index contributed by atoms with van der Waals surface area (Å²) in [5, 5.41) is 4.55. The number of rotatable bonds is 5. The Kier molecular flexibility index (Phi) is 6.63. The van der Waals surface area contributed by atoms with Crippen LogP contribution >= 0.6 is 0 Å². The minimum Gasteiger partial charge on any atom is -0.461 e. The number of hydrogen-bond acceptors (Lipinski definition) is 4. The zero-order valence-corrected chi connectivity index (χ0v) is 19.8. The Morgan fingerprint density at radius 2 is 1.82 bits per heavy atom. The summed E-state index contributed by atoms with van der Waals surface area (Å²) in [6, 6.07) is 15.4. The Morgan fingerprint density at radius 3 is 2.48 bits per heavy atom. The van der Waals surface area contributed by atoms with E-state index in [0.717, 1.165) is 42.0 Å². The molecule has 0 spiro atoms. The molecule has 0 unspecified atom stereocenters. The maximum absolute atomic E-state index is 13.0. The molecule has 1 aromatic heterocycles. The number of hydrogen-bond donors (Lipinski definition) is 0. The third-order valence-electron chi connectivity index (χ3n) is 6.30. The Morgan fingerprint density at radius 1 is 1.06 bits per heavy atom. The Bertz CT molecular complexity index is 1160. The second-order valence-corrected chi connectivity index (χ2v) is 8.89. The maximum Gasteiger partial charge on any atom is 0.358 e. The van der Waals surface area contributed by atoms with Crippen molar-refractivity contribution >= 4 is 11.9 Å². The van der Waals surface area contributed by atoms with Crippen LogP contribution in [0.15, 0.2) is 48.5 Å². The van der Waals surface area contributed by atoms with E-state index in [1.165, 1.54) is 12.0 Å². The molecule has 0 N–H and O–H groups in total. The summed E-state index contributed by atoms with van der Waals surface area (Å²) in [6.07, 6.45) is 2.22.